The van der Waals surface area contributed by atoms with Crippen molar-refractivity contribution in [3.8, 4) is 0 Å². The number of carboxylic acids is 1. The first-order valence-corrected chi connectivity index (χ1v) is 5.03. The molecule has 86 valence electrons. The lowest BCUT2D eigenvalue weighted by Crippen LogP contribution is -2.25. The van der Waals surface area contributed by atoms with E-state index in [0.717, 1.165) is 5.69 Å². The summed E-state index contributed by atoms with van der Waals surface area (Å²) in [6.45, 7) is 2.15. The van der Waals surface area contributed by atoms with Gasteiger partial charge in [0.2, 0.25) is 0 Å². The molecule has 0 saturated heterocycles. The number of amides is 1. The van der Waals surface area contributed by atoms with Gasteiger partial charge in [0.1, 0.15) is 5.69 Å². The molecule has 0 fully saturated rings. The number of hydrogen-bond donors (Lipinski definition) is 2. The van der Waals surface area contributed by atoms with E-state index in [0.29, 0.717) is 18.7 Å². The van der Waals surface area contributed by atoms with Gasteiger partial charge in [0, 0.05) is 18.7 Å². The Labute approximate surface area is 93.5 Å². The Morgan fingerprint density at radius 2 is 2.19 bits per heavy atom. The van der Waals surface area contributed by atoms with Crippen molar-refractivity contribution in [3.63, 3.8) is 0 Å². The zero-order valence-corrected chi connectivity index (χ0v) is 9.06. The van der Waals surface area contributed by atoms with Crippen LogP contribution in [0.25, 0.3) is 0 Å². The highest BCUT2D eigenvalue weighted by molar-refractivity contribution is 5.92. The summed E-state index contributed by atoms with van der Waals surface area (Å²) in [5.41, 5.74) is 1.13. The maximum Gasteiger partial charge on any atom is 0.303 e. The Kier molecular flexibility index (Phi) is 4.44. The molecule has 0 bridgehead atoms. The Morgan fingerprint density at radius 1 is 1.44 bits per heavy atom. The molecule has 1 heterocycles. The number of aryl methyl sites for hydroxylation is 1. The molecule has 1 aromatic heterocycles. The molecule has 0 unspecified atom stereocenters. The molecule has 5 heteroatoms. The Balaban J connectivity index is 2.38. The smallest absolute Gasteiger partial charge is 0.303 e. The number of pyridine rings is 1. The van der Waals surface area contributed by atoms with Crippen molar-refractivity contribution in [2.75, 3.05) is 6.54 Å². The normalized spacial score (nSPS) is 9.81. The van der Waals surface area contributed by atoms with Gasteiger partial charge in [0.05, 0.1) is 0 Å². The Bertz CT molecular complexity index is 391. The van der Waals surface area contributed by atoms with Crippen LogP contribution in [0.5, 0.6) is 0 Å². The summed E-state index contributed by atoms with van der Waals surface area (Å²) >= 11 is 0. The maximum absolute atomic E-state index is 11.5. The average molecular weight is 222 g/mol. The van der Waals surface area contributed by atoms with Crippen LogP contribution in [-0.4, -0.2) is 28.5 Å². The highest BCUT2D eigenvalue weighted by atomic mass is 16.4. The minimum Gasteiger partial charge on any atom is -0.481 e. The lowest BCUT2D eigenvalue weighted by atomic mass is 10.3. The van der Waals surface area contributed by atoms with Gasteiger partial charge < -0.3 is 10.4 Å². The van der Waals surface area contributed by atoms with E-state index in [1.807, 2.05) is 0 Å². The molecule has 0 aliphatic rings. The number of aromatic nitrogens is 1. The van der Waals surface area contributed by atoms with Gasteiger partial charge in [-0.25, -0.2) is 4.98 Å². The van der Waals surface area contributed by atoms with Crippen molar-refractivity contribution in [2.24, 2.45) is 0 Å². The van der Waals surface area contributed by atoms with Crippen molar-refractivity contribution >= 4 is 11.9 Å². The monoisotopic (exact) mass is 222 g/mol. The van der Waals surface area contributed by atoms with Crippen LogP contribution in [0.1, 0.15) is 29.0 Å². The van der Waals surface area contributed by atoms with Crippen LogP contribution in [0.2, 0.25) is 0 Å². The summed E-state index contributed by atoms with van der Waals surface area (Å²) in [5.74, 6) is -1.13. The molecule has 0 aliphatic heterocycles. The summed E-state index contributed by atoms with van der Waals surface area (Å²) < 4.78 is 0. The molecule has 16 heavy (non-hydrogen) atoms. The van der Waals surface area contributed by atoms with Crippen molar-refractivity contribution in [2.45, 2.75) is 19.8 Å². The molecule has 1 amide bonds. The third-order valence-corrected chi connectivity index (χ3v) is 1.97. The fourth-order valence-corrected chi connectivity index (χ4v) is 1.20. The summed E-state index contributed by atoms with van der Waals surface area (Å²) in [5, 5.41) is 11.0. The minimum atomic E-state index is -0.858. The van der Waals surface area contributed by atoms with Gasteiger partial charge in [-0.2, -0.15) is 0 Å². The van der Waals surface area contributed by atoms with E-state index in [9.17, 15) is 9.59 Å². The van der Waals surface area contributed by atoms with Gasteiger partial charge in [0.25, 0.3) is 5.91 Å². The largest absolute Gasteiger partial charge is 0.481 e. The van der Waals surface area contributed by atoms with Crippen molar-refractivity contribution in [1.29, 1.82) is 0 Å². The van der Waals surface area contributed by atoms with E-state index >= 15 is 0 Å². The number of nitrogens with one attached hydrogen (secondary N) is 1. The van der Waals surface area contributed by atoms with Crippen molar-refractivity contribution in [1.82, 2.24) is 10.3 Å². The van der Waals surface area contributed by atoms with Gasteiger partial charge in [-0.15, -0.1) is 0 Å². The van der Waals surface area contributed by atoms with Crippen molar-refractivity contribution < 1.29 is 14.7 Å². The molecule has 2 N–H and O–H groups in total. The van der Waals surface area contributed by atoms with E-state index in [4.69, 9.17) is 5.11 Å². The molecule has 0 saturated carbocycles. The van der Waals surface area contributed by atoms with Gasteiger partial charge in [-0.05, 0) is 25.5 Å². The number of carboxylic acid groups (broad SMARTS) is 1. The van der Waals surface area contributed by atoms with Crippen LogP contribution < -0.4 is 5.32 Å². The predicted octanol–water partition coefficient (Wildman–Crippen LogP) is 0.985. The predicted molar refractivity (Wildman–Crippen MR) is 58.2 cm³/mol. The number of nitrogens with zero attached hydrogens (tertiary/aromatic N) is 1. The lowest BCUT2D eigenvalue weighted by Gasteiger charge is -2.03. The van der Waals surface area contributed by atoms with E-state index in [-0.39, 0.29) is 12.3 Å². The molecule has 0 atom stereocenters. The molecule has 0 radical (unpaired) electrons. The fourth-order valence-electron chi connectivity index (χ4n) is 1.20. The number of rotatable bonds is 5. The number of carbonyl (C=O) groups excluding carboxylic acids is 1. The molecular weight excluding hydrogens is 208 g/mol. The SMILES string of the molecule is Cc1cccc(C(=O)NCCCC(=O)O)n1. The van der Waals surface area contributed by atoms with E-state index in [2.05, 4.69) is 10.3 Å². The van der Waals surface area contributed by atoms with Gasteiger partial charge in [-0.1, -0.05) is 6.07 Å². The van der Waals surface area contributed by atoms with Crippen LogP contribution >= 0.6 is 0 Å². The van der Waals surface area contributed by atoms with Crippen LogP contribution in [0.15, 0.2) is 18.2 Å². The molecular formula is C11H14N2O3. The number of hydrogen-bond acceptors (Lipinski definition) is 3. The first-order chi connectivity index (χ1) is 7.59. The van der Waals surface area contributed by atoms with E-state index in [1.165, 1.54) is 0 Å². The van der Waals surface area contributed by atoms with Crippen LogP contribution in [0.4, 0.5) is 0 Å². The minimum absolute atomic E-state index is 0.0571. The molecule has 1 rings (SSSR count). The van der Waals surface area contributed by atoms with Crippen LogP contribution in [0.3, 0.4) is 0 Å². The Morgan fingerprint density at radius 3 is 2.81 bits per heavy atom. The second kappa shape index (κ2) is 5.85. The quantitative estimate of drug-likeness (QED) is 0.728. The summed E-state index contributed by atoms with van der Waals surface area (Å²) in [6, 6.07) is 5.19. The van der Waals surface area contributed by atoms with Crippen molar-refractivity contribution in [3.05, 3.63) is 29.6 Å². The number of aliphatic carboxylic acids is 1. The van der Waals surface area contributed by atoms with E-state index in [1.54, 1.807) is 25.1 Å². The first-order valence-electron chi connectivity index (χ1n) is 5.03. The highest BCUT2D eigenvalue weighted by Crippen LogP contribution is 1.98. The number of carbonyl (C=O) groups is 2. The van der Waals surface area contributed by atoms with Gasteiger partial charge in [0.15, 0.2) is 0 Å². The first kappa shape index (κ1) is 12.2. The van der Waals surface area contributed by atoms with Crippen LogP contribution in [-0.2, 0) is 4.79 Å². The fraction of sp³-hybridized carbons (Fsp3) is 0.364. The third kappa shape index (κ3) is 4.08. The topological polar surface area (TPSA) is 79.3 Å². The summed E-state index contributed by atoms with van der Waals surface area (Å²) in [4.78, 5) is 25.8. The molecule has 5 nitrogen and oxygen atoms in total. The molecule has 0 spiro atoms. The zero-order chi connectivity index (χ0) is 12.0. The lowest BCUT2D eigenvalue weighted by molar-refractivity contribution is -0.137. The van der Waals surface area contributed by atoms with Crippen LogP contribution in [0, 0.1) is 6.92 Å². The second-order valence-corrected chi connectivity index (χ2v) is 3.42. The zero-order valence-electron chi connectivity index (χ0n) is 9.06. The average Bonchev–Trinajstić information content (AvgIpc) is 2.24. The molecule has 1 aromatic rings. The van der Waals surface area contributed by atoms with Gasteiger partial charge >= 0.3 is 5.97 Å². The Hall–Kier alpha value is -1.91. The summed E-state index contributed by atoms with van der Waals surface area (Å²) in [6.07, 6.45) is 0.481. The maximum atomic E-state index is 11.5. The third-order valence-electron chi connectivity index (χ3n) is 1.97. The highest BCUT2D eigenvalue weighted by Gasteiger charge is 2.06. The van der Waals surface area contributed by atoms with Gasteiger partial charge in [-0.3, -0.25) is 9.59 Å². The standard InChI is InChI=1S/C11H14N2O3/c1-8-4-2-5-9(13-8)11(16)12-7-3-6-10(14)15/h2,4-5H,3,6-7H2,1H3,(H,12,16)(H,14,15). The summed E-state index contributed by atoms with van der Waals surface area (Å²) in [7, 11) is 0. The van der Waals surface area contributed by atoms with E-state index < -0.39 is 5.97 Å². The molecule has 0 aliphatic carbocycles. The second-order valence-electron chi connectivity index (χ2n) is 3.42. The molecule has 0 aromatic carbocycles.